The molecular weight excluding hydrogens is 321 g/mol. The largest absolute Gasteiger partial charge is 0.481 e. The lowest BCUT2D eigenvalue weighted by molar-refractivity contribution is -0.123. The number of carboxylic acid groups (broad SMARTS) is 1. The smallest absolute Gasteiger partial charge is 0.339 e. The van der Waals surface area contributed by atoms with Gasteiger partial charge < -0.3 is 19.9 Å². The molecule has 2 N–H and O–H groups in total. The Labute approximate surface area is 131 Å². The van der Waals surface area contributed by atoms with Gasteiger partial charge in [0, 0.05) is 25.3 Å². The van der Waals surface area contributed by atoms with Gasteiger partial charge >= 0.3 is 5.97 Å². The SMILES string of the molecule is COCCCNC(=O)COc1c(Cl)cc(Cl)cc1C(=O)O. The minimum Gasteiger partial charge on any atom is -0.481 e. The van der Waals surface area contributed by atoms with E-state index >= 15 is 0 Å². The van der Waals surface area contributed by atoms with Crippen LogP contribution in [0.5, 0.6) is 5.75 Å². The zero-order chi connectivity index (χ0) is 15.8. The molecule has 0 unspecified atom stereocenters. The fourth-order valence-corrected chi connectivity index (χ4v) is 2.05. The summed E-state index contributed by atoms with van der Waals surface area (Å²) in [5.74, 6) is -1.70. The van der Waals surface area contributed by atoms with Crippen molar-refractivity contribution in [2.24, 2.45) is 0 Å². The monoisotopic (exact) mass is 335 g/mol. The topological polar surface area (TPSA) is 84.9 Å². The Balaban J connectivity index is 2.62. The molecule has 0 aliphatic heterocycles. The van der Waals surface area contributed by atoms with E-state index in [0.717, 1.165) is 0 Å². The molecule has 6 nitrogen and oxygen atoms in total. The van der Waals surface area contributed by atoms with Gasteiger partial charge in [-0.1, -0.05) is 23.2 Å². The number of benzene rings is 1. The van der Waals surface area contributed by atoms with Gasteiger partial charge in [-0.05, 0) is 18.6 Å². The maximum atomic E-state index is 11.5. The average molecular weight is 336 g/mol. The summed E-state index contributed by atoms with van der Waals surface area (Å²) in [6.07, 6.45) is 0.671. The van der Waals surface area contributed by atoms with Crippen molar-refractivity contribution in [2.75, 3.05) is 26.9 Å². The van der Waals surface area contributed by atoms with Gasteiger partial charge in [0.25, 0.3) is 5.91 Å². The molecule has 0 spiro atoms. The first kappa shape index (κ1) is 17.6. The summed E-state index contributed by atoms with van der Waals surface area (Å²) in [5, 5.41) is 11.9. The van der Waals surface area contributed by atoms with Crippen LogP contribution >= 0.6 is 23.2 Å². The second kappa shape index (κ2) is 8.71. The van der Waals surface area contributed by atoms with Crippen LogP contribution in [0.15, 0.2) is 12.1 Å². The van der Waals surface area contributed by atoms with E-state index in [4.69, 9.17) is 37.8 Å². The van der Waals surface area contributed by atoms with E-state index in [9.17, 15) is 9.59 Å². The van der Waals surface area contributed by atoms with Crippen molar-refractivity contribution in [3.05, 3.63) is 27.7 Å². The lowest BCUT2D eigenvalue weighted by atomic mass is 10.2. The van der Waals surface area contributed by atoms with Crippen LogP contribution < -0.4 is 10.1 Å². The number of aromatic carboxylic acids is 1. The van der Waals surface area contributed by atoms with E-state index in [0.29, 0.717) is 19.6 Å². The van der Waals surface area contributed by atoms with Crippen LogP contribution in [0.4, 0.5) is 0 Å². The van der Waals surface area contributed by atoms with Gasteiger partial charge in [0.15, 0.2) is 12.4 Å². The third-order valence-electron chi connectivity index (χ3n) is 2.43. The number of carboxylic acids is 1. The van der Waals surface area contributed by atoms with Crippen LogP contribution in [0.1, 0.15) is 16.8 Å². The first-order valence-electron chi connectivity index (χ1n) is 6.06. The normalized spacial score (nSPS) is 10.2. The predicted octanol–water partition coefficient (Wildman–Crippen LogP) is 2.22. The molecule has 0 radical (unpaired) electrons. The third kappa shape index (κ3) is 5.79. The van der Waals surface area contributed by atoms with Crippen molar-refractivity contribution in [2.45, 2.75) is 6.42 Å². The van der Waals surface area contributed by atoms with Gasteiger partial charge in [-0.25, -0.2) is 4.79 Å². The van der Waals surface area contributed by atoms with E-state index in [1.807, 2.05) is 0 Å². The predicted molar refractivity (Wildman–Crippen MR) is 78.4 cm³/mol. The number of nitrogens with one attached hydrogen (secondary N) is 1. The first-order valence-corrected chi connectivity index (χ1v) is 6.82. The Morgan fingerprint density at radius 3 is 2.67 bits per heavy atom. The van der Waals surface area contributed by atoms with E-state index in [2.05, 4.69) is 5.32 Å². The highest BCUT2D eigenvalue weighted by atomic mass is 35.5. The third-order valence-corrected chi connectivity index (χ3v) is 2.93. The lowest BCUT2D eigenvalue weighted by Crippen LogP contribution is -2.30. The molecular formula is C13H15Cl2NO5. The van der Waals surface area contributed by atoms with Gasteiger partial charge in [0.1, 0.15) is 5.56 Å². The summed E-state index contributed by atoms with van der Waals surface area (Å²) < 4.78 is 10.0. The number of ether oxygens (including phenoxy) is 2. The van der Waals surface area contributed by atoms with Crippen molar-refractivity contribution < 1.29 is 24.2 Å². The summed E-state index contributed by atoms with van der Waals surface area (Å²) in [4.78, 5) is 22.6. The van der Waals surface area contributed by atoms with Gasteiger partial charge in [0.2, 0.25) is 0 Å². The molecule has 0 heterocycles. The number of hydrogen-bond acceptors (Lipinski definition) is 4. The van der Waals surface area contributed by atoms with Gasteiger partial charge in [-0.15, -0.1) is 0 Å². The molecule has 21 heavy (non-hydrogen) atoms. The summed E-state index contributed by atoms with van der Waals surface area (Å²) in [7, 11) is 1.57. The Kier molecular flexibility index (Phi) is 7.28. The van der Waals surface area contributed by atoms with Crippen molar-refractivity contribution >= 4 is 35.1 Å². The summed E-state index contributed by atoms with van der Waals surface area (Å²) in [6, 6.07) is 2.56. The van der Waals surface area contributed by atoms with Gasteiger partial charge in [-0.2, -0.15) is 0 Å². The second-order valence-corrected chi connectivity index (χ2v) is 4.90. The van der Waals surface area contributed by atoms with Crippen molar-refractivity contribution in [1.82, 2.24) is 5.32 Å². The number of carbonyl (C=O) groups is 2. The zero-order valence-corrected chi connectivity index (χ0v) is 12.8. The van der Waals surface area contributed by atoms with E-state index in [1.165, 1.54) is 12.1 Å². The van der Waals surface area contributed by atoms with E-state index in [1.54, 1.807) is 7.11 Å². The Morgan fingerprint density at radius 2 is 2.05 bits per heavy atom. The molecule has 0 aromatic heterocycles. The van der Waals surface area contributed by atoms with Crippen LogP contribution in [0.2, 0.25) is 10.0 Å². The van der Waals surface area contributed by atoms with E-state index < -0.39 is 5.97 Å². The van der Waals surface area contributed by atoms with Crippen molar-refractivity contribution in [1.29, 1.82) is 0 Å². The highest BCUT2D eigenvalue weighted by molar-refractivity contribution is 6.36. The average Bonchev–Trinajstić information content (AvgIpc) is 2.41. The molecule has 1 aromatic rings. The Hall–Kier alpha value is -1.50. The molecule has 0 bridgehead atoms. The number of rotatable bonds is 8. The van der Waals surface area contributed by atoms with Crippen LogP contribution in [0, 0.1) is 0 Å². The number of amides is 1. The standard InChI is InChI=1S/C13H15Cl2NO5/c1-20-4-2-3-16-11(17)7-21-12-9(13(18)19)5-8(14)6-10(12)15/h5-6H,2-4,7H2,1H3,(H,16,17)(H,18,19). The van der Waals surface area contributed by atoms with Gasteiger partial charge in [-0.3, -0.25) is 4.79 Å². The number of hydrogen-bond donors (Lipinski definition) is 2. The number of methoxy groups -OCH3 is 1. The molecule has 0 atom stereocenters. The second-order valence-electron chi connectivity index (χ2n) is 4.05. The molecule has 0 aliphatic rings. The highest BCUT2D eigenvalue weighted by Gasteiger charge is 2.17. The fourth-order valence-electron chi connectivity index (χ4n) is 1.50. The minimum atomic E-state index is -1.24. The molecule has 8 heteroatoms. The summed E-state index contributed by atoms with van der Waals surface area (Å²) >= 11 is 11.6. The molecule has 0 fully saturated rings. The maximum absolute atomic E-state index is 11.5. The molecule has 116 valence electrons. The minimum absolute atomic E-state index is 0.0343. The summed E-state index contributed by atoms with van der Waals surface area (Å²) in [5.41, 5.74) is -0.195. The number of halogens is 2. The Bertz CT molecular complexity index is 522. The van der Waals surface area contributed by atoms with Gasteiger partial charge in [0.05, 0.1) is 5.02 Å². The first-order chi connectivity index (χ1) is 9.95. The molecule has 1 rings (SSSR count). The summed E-state index contributed by atoms with van der Waals surface area (Å²) in [6.45, 7) is 0.637. The zero-order valence-electron chi connectivity index (χ0n) is 11.3. The van der Waals surface area contributed by atoms with Crippen molar-refractivity contribution in [3.8, 4) is 5.75 Å². The van der Waals surface area contributed by atoms with E-state index in [-0.39, 0.29) is 33.9 Å². The molecule has 0 saturated carbocycles. The molecule has 0 saturated heterocycles. The molecule has 1 aromatic carbocycles. The Morgan fingerprint density at radius 1 is 1.33 bits per heavy atom. The number of carbonyl (C=O) groups excluding carboxylic acids is 1. The molecule has 1 amide bonds. The maximum Gasteiger partial charge on any atom is 0.339 e. The molecule has 0 aliphatic carbocycles. The fraction of sp³-hybridized carbons (Fsp3) is 0.385. The lowest BCUT2D eigenvalue weighted by Gasteiger charge is -2.11. The van der Waals surface area contributed by atoms with Crippen molar-refractivity contribution in [3.63, 3.8) is 0 Å². The van der Waals surface area contributed by atoms with Crippen LogP contribution in [-0.2, 0) is 9.53 Å². The van der Waals surface area contributed by atoms with Crippen LogP contribution in [0.25, 0.3) is 0 Å². The quantitative estimate of drug-likeness (QED) is 0.711. The van der Waals surface area contributed by atoms with Crippen LogP contribution in [0.3, 0.4) is 0 Å². The van der Waals surface area contributed by atoms with Crippen LogP contribution in [-0.4, -0.2) is 43.9 Å². The highest BCUT2D eigenvalue weighted by Crippen LogP contribution is 2.32.